The third-order valence-corrected chi connectivity index (χ3v) is 2.72. The van der Waals surface area contributed by atoms with Crippen molar-refractivity contribution in [3.63, 3.8) is 0 Å². The highest BCUT2D eigenvalue weighted by molar-refractivity contribution is 6.30. The summed E-state index contributed by atoms with van der Waals surface area (Å²) in [6, 6.07) is 16.4. The highest BCUT2D eigenvalue weighted by atomic mass is 35.5. The van der Waals surface area contributed by atoms with E-state index in [-0.39, 0.29) is 5.91 Å². The molecule has 19 heavy (non-hydrogen) atoms. The van der Waals surface area contributed by atoms with E-state index in [1.54, 1.807) is 24.3 Å². The van der Waals surface area contributed by atoms with Crippen molar-refractivity contribution in [2.75, 3.05) is 11.9 Å². The predicted octanol–water partition coefficient (Wildman–Crippen LogP) is 3.75. The van der Waals surface area contributed by atoms with Crippen LogP contribution < -0.4 is 10.1 Å². The number of carbonyl (C=O) groups is 1. The number of rotatable bonds is 5. The molecule has 0 unspecified atom stereocenters. The molecule has 4 heteroatoms. The Balaban J connectivity index is 1.74. The van der Waals surface area contributed by atoms with Crippen molar-refractivity contribution in [3.8, 4) is 5.75 Å². The lowest BCUT2D eigenvalue weighted by Gasteiger charge is -2.07. The molecule has 1 amide bonds. The van der Waals surface area contributed by atoms with Crippen LogP contribution in [0, 0.1) is 0 Å². The van der Waals surface area contributed by atoms with Gasteiger partial charge in [0.2, 0.25) is 5.91 Å². The number of para-hydroxylation sites is 1. The van der Waals surface area contributed by atoms with Crippen molar-refractivity contribution < 1.29 is 9.53 Å². The number of benzene rings is 2. The Bertz CT molecular complexity index is 526. The van der Waals surface area contributed by atoms with Gasteiger partial charge in [-0.1, -0.05) is 29.8 Å². The number of hydrogen-bond donors (Lipinski definition) is 1. The number of hydrogen-bond acceptors (Lipinski definition) is 2. The Morgan fingerprint density at radius 1 is 1.05 bits per heavy atom. The maximum atomic E-state index is 11.6. The predicted molar refractivity (Wildman–Crippen MR) is 76.6 cm³/mol. The van der Waals surface area contributed by atoms with Crippen molar-refractivity contribution >= 4 is 23.2 Å². The molecular formula is C15H14ClNO2. The van der Waals surface area contributed by atoms with Crippen LogP contribution in [0.3, 0.4) is 0 Å². The smallest absolute Gasteiger partial charge is 0.227 e. The second-order valence-electron chi connectivity index (χ2n) is 3.97. The van der Waals surface area contributed by atoms with E-state index in [1.807, 2.05) is 30.3 Å². The minimum Gasteiger partial charge on any atom is -0.493 e. The van der Waals surface area contributed by atoms with Crippen LogP contribution in [-0.2, 0) is 4.79 Å². The first-order chi connectivity index (χ1) is 9.24. The van der Waals surface area contributed by atoms with Gasteiger partial charge in [-0.2, -0.15) is 0 Å². The number of carbonyl (C=O) groups excluding carboxylic acids is 1. The van der Waals surface area contributed by atoms with Gasteiger partial charge in [-0.15, -0.1) is 0 Å². The SMILES string of the molecule is O=C(CCOc1ccc(Cl)cc1)Nc1ccccc1. The monoisotopic (exact) mass is 275 g/mol. The van der Waals surface area contributed by atoms with E-state index >= 15 is 0 Å². The second kappa shape index (κ2) is 6.81. The average Bonchev–Trinajstić information content (AvgIpc) is 2.42. The van der Waals surface area contributed by atoms with Crippen LogP contribution in [0.1, 0.15) is 6.42 Å². The number of halogens is 1. The summed E-state index contributed by atoms with van der Waals surface area (Å²) in [7, 11) is 0. The maximum Gasteiger partial charge on any atom is 0.227 e. The van der Waals surface area contributed by atoms with Crippen molar-refractivity contribution in [2.45, 2.75) is 6.42 Å². The minimum atomic E-state index is -0.0693. The zero-order valence-corrected chi connectivity index (χ0v) is 11.1. The Labute approximate surface area is 117 Å². The third-order valence-electron chi connectivity index (χ3n) is 2.47. The normalized spacial score (nSPS) is 9.95. The third kappa shape index (κ3) is 4.64. The van der Waals surface area contributed by atoms with Gasteiger partial charge >= 0.3 is 0 Å². The lowest BCUT2D eigenvalue weighted by molar-refractivity contribution is -0.116. The van der Waals surface area contributed by atoms with Crippen LogP contribution in [0.5, 0.6) is 5.75 Å². The first-order valence-electron chi connectivity index (χ1n) is 5.97. The van der Waals surface area contributed by atoms with Crippen LogP contribution >= 0.6 is 11.6 Å². The summed E-state index contributed by atoms with van der Waals surface area (Å²) >= 11 is 5.77. The largest absolute Gasteiger partial charge is 0.493 e. The minimum absolute atomic E-state index is 0.0693. The Kier molecular flexibility index (Phi) is 4.81. The molecule has 0 aliphatic rings. The van der Waals surface area contributed by atoms with Crippen molar-refractivity contribution in [3.05, 3.63) is 59.6 Å². The second-order valence-corrected chi connectivity index (χ2v) is 4.40. The molecule has 0 saturated carbocycles. The highest BCUT2D eigenvalue weighted by Gasteiger charge is 2.02. The summed E-state index contributed by atoms with van der Waals surface area (Å²) in [6.07, 6.45) is 0.303. The highest BCUT2D eigenvalue weighted by Crippen LogP contribution is 2.15. The van der Waals surface area contributed by atoms with E-state index < -0.39 is 0 Å². The molecule has 0 aliphatic carbocycles. The molecule has 2 rings (SSSR count). The topological polar surface area (TPSA) is 38.3 Å². The van der Waals surface area contributed by atoms with Crippen LogP contribution in [0.4, 0.5) is 5.69 Å². The zero-order valence-electron chi connectivity index (χ0n) is 10.3. The van der Waals surface area contributed by atoms with Crippen LogP contribution in [0.25, 0.3) is 0 Å². The molecule has 0 radical (unpaired) electrons. The average molecular weight is 276 g/mol. The van der Waals surface area contributed by atoms with Gasteiger partial charge in [0.25, 0.3) is 0 Å². The zero-order chi connectivity index (χ0) is 13.5. The fraction of sp³-hybridized carbons (Fsp3) is 0.133. The Hall–Kier alpha value is -2.00. The first kappa shape index (κ1) is 13.4. The van der Waals surface area contributed by atoms with E-state index in [4.69, 9.17) is 16.3 Å². The van der Waals surface area contributed by atoms with Gasteiger partial charge in [0.05, 0.1) is 13.0 Å². The molecule has 0 aromatic heterocycles. The summed E-state index contributed by atoms with van der Waals surface area (Å²) in [5.74, 6) is 0.636. The molecule has 2 aromatic rings. The molecule has 2 aromatic carbocycles. The molecule has 0 bridgehead atoms. The van der Waals surface area contributed by atoms with Gasteiger partial charge in [-0.25, -0.2) is 0 Å². The molecule has 0 atom stereocenters. The summed E-state index contributed by atoms with van der Waals surface area (Å²) in [5, 5.41) is 3.46. The van der Waals surface area contributed by atoms with Gasteiger partial charge in [0.15, 0.2) is 0 Å². The molecule has 0 fully saturated rings. The standard InChI is InChI=1S/C15H14ClNO2/c16-12-6-8-14(9-7-12)19-11-10-15(18)17-13-4-2-1-3-5-13/h1-9H,10-11H2,(H,17,18). The number of nitrogens with one attached hydrogen (secondary N) is 1. The lowest BCUT2D eigenvalue weighted by atomic mass is 10.3. The molecule has 0 heterocycles. The number of anilines is 1. The number of amides is 1. The quantitative estimate of drug-likeness (QED) is 0.902. The molecular weight excluding hydrogens is 262 g/mol. The summed E-state index contributed by atoms with van der Waals surface area (Å²) in [5.41, 5.74) is 0.791. The lowest BCUT2D eigenvalue weighted by Crippen LogP contribution is -2.15. The van der Waals surface area contributed by atoms with Crippen LogP contribution in [0.15, 0.2) is 54.6 Å². The van der Waals surface area contributed by atoms with Gasteiger partial charge in [-0.3, -0.25) is 4.79 Å². The summed E-state index contributed by atoms with van der Waals surface area (Å²) in [6.45, 7) is 0.334. The van der Waals surface area contributed by atoms with Gasteiger partial charge in [-0.05, 0) is 36.4 Å². The molecule has 3 nitrogen and oxygen atoms in total. The summed E-state index contributed by atoms with van der Waals surface area (Å²) in [4.78, 5) is 11.6. The van der Waals surface area contributed by atoms with Gasteiger partial charge in [0, 0.05) is 10.7 Å². The Morgan fingerprint density at radius 3 is 2.42 bits per heavy atom. The van der Waals surface area contributed by atoms with Gasteiger partial charge < -0.3 is 10.1 Å². The fourth-order valence-electron chi connectivity index (χ4n) is 1.54. The molecule has 0 spiro atoms. The van der Waals surface area contributed by atoms with Crippen molar-refractivity contribution in [1.29, 1.82) is 0 Å². The van der Waals surface area contributed by atoms with E-state index in [9.17, 15) is 4.79 Å². The summed E-state index contributed by atoms with van der Waals surface area (Å²) < 4.78 is 5.45. The molecule has 0 aliphatic heterocycles. The molecule has 98 valence electrons. The van der Waals surface area contributed by atoms with Gasteiger partial charge in [0.1, 0.15) is 5.75 Å². The van der Waals surface area contributed by atoms with Crippen LogP contribution in [0.2, 0.25) is 5.02 Å². The van der Waals surface area contributed by atoms with Crippen molar-refractivity contribution in [1.82, 2.24) is 0 Å². The van der Waals surface area contributed by atoms with E-state index in [0.717, 1.165) is 5.69 Å². The van der Waals surface area contributed by atoms with Crippen molar-refractivity contribution in [2.24, 2.45) is 0 Å². The maximum absolute atomic E-state index is 11.6. The Morgan fingerprint density at radius 2 is 1.74 bits per heavy atom. The molecule has 0 saturated heterocycles. The number of ether oxygens (including phenoxy) is 1. The molecule has 1 N–H and O–H groups in total. The van der Waals surface area contributed by atoms with Crippen LogP contribution in [-0.4, -0.2) is 12.5 Å². The van der Waals surface area contributed by atoms with E-state index in [0.29, 0.717) is 23.8 Å². The first-order valence-corrected chi connectivity index (χ1v) is 6.35. The fourth-order valence-corrected chi connectivity index (χ4v) is 1.66. The van der Waals surface area contributed by atoms with E-state index in [1.165, 1.54) is 0 Å². The van der Waals surface area contributed by atoms with E-state index in [2.05, 4.69) is 5.32 Å².